The lowest BCUT2D eigenvalue weighted by atomic mass is 10.0. The molecule has 1 rings (SSSR count). The second-order valence-electron chi connectivity index (χ2n) is 4.71. The van der Waals surface area contributed by atoms with Crippen molar-refractivity contribution in [1.82, 2.24) is 0 Å². The molecule has 1 unspecified atom stereocenters. The van der Waals surface area contributed by atoms with E-state index in [4.69, 9.17) is 5.73 Å². The summed E-state index contributed by atoms with van der Waals surface area (Å²) in [7, 11) is 0. The molecule has 18 heavy (non-hydrogen) atoms. The molecule has 1 amide bonds. The van der Waals surface area contributed by atoms with Crippen molar-refractivity contribution < 1.29 is 13.6 Å². The molecule has 5 heteroatoms. The summed E-state index contributed by atoms with van der Waals surface area (Å²) < 4.78 is 27.0. The number of hydrogen-bond acceptors (Lipinski definition) is 2. The van der Waals surface area contributed by atoms with Gasteiger partial charge < -0.3 is 11.1 Å². The highest BCUT2D eigenvalue weighted by atomic mass is 19.1. The minimum absolute atomic E-state index is 0.0322. The molecule has 0 bridgehead atoms. The number of rotatable bonds is 4. The van der Waals surface area contributed by atoms with Gasteiger partial charge in [-0.15, -0.1) is 0 Å². The summed E-state index contributed by atoms with van der Waals surface area (Å²) in [4.78, 5) is 11.6. The van der Waals surface area contributed by atoms with E-state index in [0.717, 1.165) is 6.07 Å². The van der Waals surface area contributed by atoms with Gasteiger partial charge in [-0.1, -0.05) is 19.9 Å². The van der Waals surface area contributed by atoms with Gasteiger partial charge in [-0.05, 0) is 24.5 Å². The topological polar surface area (TPSA) is 55.1 Å². The Hall–Kier alpha value is -1.49. The van der Waals surface area contributed by atoms with Crippen LogP contribution in [0.3, 0.4) is 0 Å². The van der Waals surface area contributed by atoms with Crippen LogP contribution >= 0.6 is 0 Å². The van der Waals surface area contributed by atoms with E-state index in [1.807, 2.05) is 13.8 Å². The number of aryl methyl sites for hydroxylation is 1. The fourth-order valence-corrected chi connectivity index (χ4v) is 1.41. The second-order valence-corrected chi connectivity index (χ2v) is 4.71. The first kappa shape index (κ1) is 14.6. The van der Waals surface area contributed by atoms with Crippen molar-refractivity contribution >= 4 is 11.6 Å². The first-order chi connectivity index (χ1) is 8.32. The smallest absolute Gasteiger partial charge is 0.226 e. The minimum atomic E-state index is -0.787. The fraction of sp³-hybridized carbons (Fsp3) is 0.462. The van der Waals surface area contributed by atoms with Crippen molar-refractivity contribution in [1.29, 1.82) is 0 Å². The summed E-state index contributed by atoms with van der Waals surface area (Å²) in [5.74, 6) is -1.89. The van der Waals surface area contributed by atoms with Crippen molar-refractivity contribution in [2.75, 3.05) is 5.32 Å². The SMILES string of the molecule is Cc1ccc(F)c(NC(=O)CC(N)C(C)C)c1F. The molecule has 3 N–H and O–H groups in total. The molecular weight excluding hydrogens is 238 g/mol. The third kappa shape index (κ3) is 3.50. The molecular formula is C13H18F2N2O. The zero-order valence-corrected chi connectivity index (χ0v) is 10.8. The van der Waals surface area contributed by atoms with Gasteiger partial charge >= 0.3 is 0 Å². The predicted molar refractivity (Wildman–Crippen MR) is 67.2 cm³/mol. The molecule has 0 saturated heterocycles. The van der Waals surface area contributed by atoms with Crippen LogP contribution in [-0.2, 0) is 4.79 Å². The molecule has 1 aromatic carbocycles. The highest BCUT2D eigenvalue weighted by molar-refractivity contribution is 5.91. The maximum atomic E-state index is 13.6. The molecule has 0 radical (unpaired) electrons. The monoisotopic (exact) mass is 256 g/mol. The molecule has 0 aromatic heterocycles. The van der Waals surface area contributed by atoms with Crippen LogP contribution in [0, 0.1) is 24.5 Å². The van der Waals surface area contributed by atoms with Crippen LogP contribution in [0.25, 0.3) is 0 Å². The number of carbonyl (C=O) groups is 1. The van der Waals surface area contributed by atoms with Gasteiger partial charge in [-0.2, -0.15) is 0 Å². The van der Waals surface area contributed by atoms with Gasteiger partial charge in [0.05, 0.1) is 0 Å². The highest BCUT2D eigenvalue weighted by Crippen LogP contribution is 2.22. The van der Waals surface area contributed by atoms with E-state index in [1.54, 1.807) is 0 Å². The maximum absolute atomic E-state index is 13.6. The van der Waals surface area contributed by atoms with E-state index in [1.165, 1.54) is 13.0 Å². The van der Waals surface area contributed by atoms with Crippen LogP contribution in [0.1, 0.15) is 25.8 Å². The first-order valence-corrected chi connectivity index (χ1v) is 5.83. The van der Waals surface area contributed by atoms with Crippen molar-refractivity contribution in [2.24, 2.45) is 11.7 Å². The Morgan fingerprint density at radius 2 is 2.00 bits per heavy atom. The van der Waals surface area contributed by atoms with Gasteiger partial charge in [0.15, 0.2) is 5.82 Å². The summed E-state index contributed by atoms with van der Waals surface area (Å²) in [6.07, 6.45) is 0.0322. The van der Waals surface area contributed by atoms with Crippen LogP contribution in [-0.4, -0.2) is 11.9 Å². The van der Waals surface area contributed by atoms with Gasteiger partial charge in [0, 0.05) is 12.5 Å². The van der Waals surface area contributed by atoms with Crippen molar-refractivity contribution in [3.63, 3.8) is 0 Å². The largest absolute Gasteiger partial charge is 0.327 e. The highest BCUT2D eigenvalue weighted by Gasteiger charge is 2.17. The number of carbonyl (C=O) groups excluding carboxylic acids is 1. The number of hydrogen-bond donors (Lipinski definition) is 2. The Morgan fingerprint density at radius 3 is 2.56 bits per heavy atom. The molecule has 0 spiro atoms. The fourth-order valence-electron chi connectivity index (χ4n) is 1.41. The molecule has 1 atom stereocenters. The van der Waals surface area contributed by atoms with E-state index in [9.17, 15) is 13.6 Å². The maximum Gasteiger partial charge on any atom is 0.226 e. The van der Waals surface area contributed by atoms with Crippen LogP contribution in [0.5, 0.6) is 0 Å². The van der Waals surface area contributed by atoms with Crippen molar-refractivity contribution in [3.05, 3.63) is 29.3 Å². The number of amides is 1. The standard InChI is InChI=1S/C13H18F2N2O/c1-7(2)10(16)6-11(18)17-13-9(14)5-4-8(3)12(13)15/h4-5,7,10H,6,16H2,1-3H3,(H,17,18). The molecule has 3 nitrogen and oxygen atoms in total. The summed E-state index contributed by atoms with van der Waals surface area (Å²) in [5, 5.41) is 2.24. The minimum Gasteiger partial charge on any atom is -0.327 e. The van der Waals surface area contributed by atoms with Crippen LogP contribution in [0.2, 0.25) is 0 Å². The first-order valence-electron chi connectivity index (χ1n) is 5.83. The average Bonchev–Trinajstić information content (AvgIpc) is 2.29. The zero-order valence-electron chi connectivity index (χ0n) is 10.8. The summed E-state index contributed by atoms with van der Waals surface area (Å²) in [6.45, 7) is 5.27. The number of halogens is 2. The van der Waals surface area contributed by atoms with Gasteiger partial charge in [0.2, 0.25) is 5.91 Å². The molecule has 100 valence electrons. The second kappa shape index (κ2) is 5.91. The van der Waals surface area contributed by atoms with E-state index in [-0.39, 0.29) is 23.9 Å². The van der Waals surface area contributed by atoms with E-state index < -0.39 is 23.2 Å². The Bertz CT molecular complexity index is 447. The van der Waals surface area contributed by atoms with E-state index in [0.29, 0.717) is 0 Å². The van der Waals surface area contributed by atoms with Crippen LogP contribution in [0.15, 0.2) is 12.1 Å². The van der Waals surface area contributed by atoms with Crippen molar-refractivity contribution in [3.8, 4) is 0 Å². The number of benzene rings is 1. The third-order valence-corrected chi connectivity index (χ3v) is 2.83. The average molecular weight is 256 g/mol. The van der Waals surface area contributed by atoms with Gasteiger partial charge in [0.25, 0.3) is 0 Å². The third-order valence-electron chi connectivity index (χ3n) is 2.83. The number of anilines is 1. The normalized spacial score (nSPS) is 12.6. The van der Waals surface area contributed by atoms with Crippen LogP contribution in [0.4, 0.5) is 14.5 Å². The number of nitrogens with two attached hydrogens (primary N) is 1. The summed E-state index contributed by atoms with van der Waals surface area (Å²) in [6, 6.07) is 2.11. The lowest BCUT2D eigenvalue weighted by molar-refractivity contribution is -0.116. The van der Waals surface area contributed by atoms with Gasteiger partial charge in [0.1, 0.15) is 11.5 Å². The summed E-state index contributed by atoms with van der Waals surface area (Å²) >= 11 is 0. The molecule has 1 aromatic rings. The number of nitrogens with one attached hydrogen (secondary N) is 1. The molecule has 0 heterocycles. The lowest BCUT2D eigenvalue weighted by Crippen LogP contribution is -2.31. The van der Waals surface area contributed by atoms with Gasteiger partial charge in [-0.25, -0.2) is 8.78 Å². The van der Waals surface area contributed by atoms with Crippen LogP contribution < -0.4 is 11.1 Å². The van der Waals surface area contributed by atoms with Gasteiger partial charge in [-0.3, -0.25) is 4.79 Å². The lowest BCUT2D eigenvalue weighted by Gasteiger charge is -2.15. The van der Waals surface area contributed by atoms with E-state index >= 15 is 0 Å². The summed E-state index contributed by atoms with van der Waals surface area (Å²) in [5.41, 5.74) is 5.60. The molecule has 0 aliphatic carbocycles. The quantitative estimate of drug-likeness (QED) is 0.870. The van der Waals surface area contributed by atoms with Crippen molar-refractivity contribution in [2.45, 2.75) is 33.2 Å². The molecule has 0 saturated carbocycles. The zero-order chi connectivity index (χ0) is 13.9. The predicted octanol–water partition coefficient (Wildman–Crippen LogP) is 2.59. The molecule has 0 aliphatic heterocycles. The molecule has 0 fully saturated rings. The Morgan fingerprint density at radius 1 is 1.39 bits per heavy atom. The Kier molecular flexibility index (Phi) is 4.78. The van der Waals surface area contributed by atoms with E-state index in [2.05, 4.69) is 5.32 Å². The Labute approximate surface area is 105 Å². The Balaban J connectivity index is 2.79. The molecule has 0 aliphatic rings.